The lowest BCUT2D eigenvalue weighted by molar-refractivity contribution is -0.139. The third-order valence-electron chi connectivity index (χ3n) is 5.55. The van der Waals surface area contributed by atoms with Crippen LogP contribution in [-0.4, -0.2) is 31.4 Å². The number of fused-ring (bicyclic) bond motifs is 1. The molecule has 8 heteroatoms. The highest BCUT2D eigenvalue weighted by atomic mass is 32.1. The average Bonchev–Trinajstić information content (AvgIpc) is 3.17. The molecule has 0 aliphatic carbocycles. The molecular weight excluding hydrogens is 464 g/mol. The van der Waals surface area contributed by atoms with Gasteiger partial charge in [0.15, 0.2) is 16.3 Å². The Hall–Kier alpha value is -3.91. The summed E-state index contributed by atoms with van der Waals surface area (Å²) < 4.78 is 18.2. The Morgan fingerprint density at radius 2 is 1.89 bits per heavy atom. The van der Waals surface area contributed by atoms with E-state index in [-0.39, 0.29) is 12.2 Å². The van der Waals surface area contributed by atoms with Gasteiger partial charge in [-0.1, -0.05) is 66.0 Å². The fraction of sp³-hybridized carbons (Fsp3) is 0.222. The summed E-state index contributed by atoms with van der Waals surface area (Å²) in [5, 5.41) is 0. The smallest absolute Gasteiger partial charge is 0.338 e. The van der Waals surface area contributed by atoms with Crippen LogP contribution < -0.4 is 24.4 Å². The monoisotopic (exact) mass is 490 g/mol. The number of carbonyl (C=O) groups is 1. The van der Waals surface area contributed by atoms with Gasteiger partial charge in [-0.05, 0) is 31.6 Å². The van der Waals surface area contributed by atoms with Crippen molar-refractivity contribution < 1.29 is 19.0 Å². The lowest BCUT2D eigenvalue weighted by atomic mass is 10.0. The number of benzene rings is 2. The Bertz CT molecular complexity index is 1480. The third kappa shape index (κ3) is 4.83. The molecule has 35 heavy (non-hydrogen) atoms. The van der Waals surface area contributed by atoms with Gasteiger partial charge in [-0.3, -0.25) is 9.36 Å². The summed E-state index contributed by atoms with van der Waals surface area (Å²) >= 11 is 1.26. The largest absolute Gasteiger partial charge is 0.493 e. The number of methoxy groups -OCH3 is 2. The van der Waals surface area contributed by atoms with Crippen molar-refractivity contribution in [2.24, 2.45) is 4.99 Å². The molecule has 2 heterocycles. The number of esters is 1. The van der Waals surface area contributed by atoms with Gasteiger partial charge in [-0.2, -0.15) is 0 Å². The molecule has 0 fully saturated rings. The molecule has 180 valence electrons. The minimum absolute atomic E-state index is 0.227. The molecule has 1 aliphatic heterocycles. The minimum Gasteiger partial charge on any atom is -0.493 e. The number of para-hydroxylation sites is 1. The normalized spacial score (nSPS) is 15.7. The van der Waals surface area contributed by atoms with E-state index in [1.165, 1.54) is 11.3 Å². The van der Waals surface area contributed by atoms with Crippen LogP contribution >= 0.6 is 11.3 Å². The first-order valence-electron chi connectivity index (χ1n) is 11.1. The highest BCUT2D eigenvalue weighted by Crippen LogP contribution is 2.31. The fourth-order valence-electron chi connectivity index (χ4n) is 3.95. The molecule has 0 spiro atoms. The van der Waals surface area contributed by atoms with E-state index in [1.54, 1.807) is 44.8 Å². The molecule has 0 amide bonds. The third-order valence-corrected chi connectivity index (χ3v) is 6.53. The SMILES string of the molecule is CCOC(=O)C1=C(C)N=c2s/c(=C/c3cccc(OC)c3OC)c(=O)n2[C@@H]1/C=C/c1ccccc1. The molecule has 3 aromatic rings. The van der Waals surface area contributed by atoms with Crippen LogP contribution in [0.15, 0.2) is 75.7 Å². The van der Waals surface area contributed by atoms with Gasteiger partial charge in [0.25, 0.3) is 5.56 Å². The van der Waals surface area contributed by atoms with E-state index in [4.69, 9.17) is 14.2 Å². The summed E-state index contributed by atoms with van der Waals surface area (Å²) in [4.78, 5) is 31.6. The van der Waals surface area contributed by atoms with Gasteiger partial charge in [-0.15, -0.1) is 0 Å². The van der Waals surface area contributed by atoms with Crippen molar-refractivity contribution in [1.29, 1.82) is 0 Å². The zero-order valence-corrected chi connectivity index (χ0v) is 20.8. The van der Waals surface area contributed by atoms with Crippen molar-refractivity contribution in [1.82, 2.24) is 4.57 Å². The number of hydrogen-bond donors (Lipinski definition) is 0. The molecule has 0 saturated heterocycles. The van der Waals surface area contributed by atoms with Crippen LogP contribution in [-0.2, 0) is 9.53 Å². The van der Waals surface area contributed by atoms with Crippen molar-refractivity contribution in [2.75, 3.05) is 20.8 Å². The van der Waals surface area contributed by atoms with E-state index >= 15 is 0 Å². The first-order valence-corrected chi connectivity index (χ1v) is 11.9. The number of ether oxygens (including phenoxy) is 3. The molecule has 7 nitrogen and oxygen atoms in total. The molecular formula is C27H26N2O5S. The number of thiazole rings is 1. The Morgan fingerprint density at radius 1 is 1.11 bits per heavy atom. The topological polar surface area (TPSA) is 79.1 Å². The van der Waals surface area contributed by atoms with Gasteiger partial charge in [0.1, 0.15) is 0 Å². The van der Waals surface area contributed by atoms with E-state index < -0.39 is 12.0 Å². The quantitative estimate of drug-likeness (QED) is 0.474. The Morgan fingerprint density at radius 3 is 2.57 bits per heavy atom. The van der Waals surface area contributed by atoms with E-state index in [1.807, 2.05) is 54.6 Å². The predicted molar refractivity (Wildman–Crippen MR) is 136 cm³/mol. The number of hydrogen-bond acceptors (Lipinski definition) is 7. The summed E-state index contributed by atoms with van der Waals surface area (Å²) in [6.45, 7) is 3.74. The van der Waals surface area contributed by atoms with E-state index in [9.17, 15) is 9.59 Å². The molecule has 1 aliphatic rings. The molecule has 1 atom stereocenters. The van der Waals surface area contributed by atoms with Gasteiger partial charge >= 0.3 is 5.97 Å². The minimum atomic E-state index is -0.653. The Kier molecular flexibility index (Phi) is 7.31. The zero-order chi connectivity index (χ0) is 24.9. The van der Waals surface area contributed by atoms with Crippen LogP contribution in [0.3, 0.4) is 0 Å². The summed E-state index contributed by atoms with van der Waals surface area (Å²) in [5.41, 5.74) is 2.27. The van der Waals surface area contributed by atoms with Crippen molar-refractivity contribution in [3.8, 4) is 11.5 Å². The zero-order valence-electron chi connectivity index (χ0n) is 20.0. The van der Waals surface area contributed by atoms with Gasteiger partial charge in [0.2, 0.25) is 0 Å². The number of nitrogens with zero attached hydrogens (tertiary/aromatic N) is 2. The lowest BCUT2D eigenvalue weighted by Crippen LogP contribution is -2.38. The predicted octanol–water partition coefficient (Wildman–Crippen LogP) is 3.48. The van der Waals surface area contributed by atoms with Crippen molar-refractivity contribution in [3.63, 3.8) is 0 Å². The van der Waals surface area contributed by atoms with Gasteiger partial charge in [0, 0.05) is 5.56 Å². The summed E-state index contributed by atoms with van der Waals surface area (Å²) in [6, 6.07) is 14.5. The van der Waals surface area contributed by atoms with Crippen molar-refractivity contribution in [2.45, 2.75) is 19.9 Å². The second-order valence-corrected chi connectivity index (χ2v) is 8.71. The second kappa shape index (κ2) is 10.6. The number of allylic oxidation sites excluding steroid dienone is 2. The first-order chi connectivity index (χ1) is 17.0. The van der Waals surface area contributed by atoms with Crippen LogP contribution in [0.4, 0.5) is 0 Å². The average molecular weight is 491 g/mol. The molecule has 1 aromatic heterocycles. The molecule has 4 rings (SSSR count). The Balaban J connectivity index is 1.90. The van der Waals surface area contributed by atoms with Gasteiger partial charge in [-0.25, -0.2) is 9.79 Å². The van der Waals surface area contributed by atoms with E-state index in [0.717, 1.165) is 5.56 Å². The highest BCUT2D eigenvalue weighted by molar-refractivity contribution is 7.07. The van der Waals surface area contributed by atoms with E-state index in [2.05, 4.69) is 4.99 Å². The standard InChI is InChI=1S/C27H26N2O5S/c1-5-34-26(31)23-17(2)28-27-29(20(23)15-14-18-10-7-6-8-11-18)25(30)22(35-27)16-19-12-9-13-21(32-3)24(19)33-4/h6-16,20H,5H2,1-4H3/b15-14+,22-16+/t20-/m1/s1. The molecule has 0 unspecified atom stereocenters. The highest BCUT2D eigenvalue weighted by Gasteiger charge is 2.30. The molecule has 0 saturated carbocycles. The Labute approximate surface area is 206 Å². The second-order valence-electron chi connectivity index (χ2n) is 7.70. The van der Waals surface area contributed by atoms with Crippen LogP contribution in [0, 0.1) is 0 Å². The number of rotatable bonds is 7. The van der Waals surface area contributed by atoms with Crippen LogP contribution in [0.2, 0.25) is 0 Å². The molecule has 0 radical (unpaired) electrons. The lowest BCUT2D eigenvalue weighted by Gasteiger charge is -2.21. The first kappa shape index (κ1) is 24.2. The molecule has 0 bridgehead atoms. The number of aromatic nitrogens is 1. The molecule has 0 N–H and O–H groups in total. The summed E-state index contributed by atoms with van der Waals surface area (Å²) in [6.07, 6.45) is 5.49. The maximum Gasteiger partial charge on any atom is 0.338 e. The van der Waals surface area contributed by atoms with E-state index in [0.29, 0.717) is 37.7 Å². The maximum atomic E-state index is 13.6. The summed E-state index contributed by atoms with van der Waals surface area (Å²) in [5.74, 6) is 0.614. The van der Waals surface area contributed by atoms with Crippen molar-refractivity contribution >= 4 is 29.5 Å². The van der Waals surface area contributed by atoms with Crippen LogP contribution in [0.25, 0.3) is 12.2 Å². The molecule has 2 aromatic carbocycles. The fourth-order valence-corrected chi connectivity index (χ4v) is 5.00. The van der Waals surface area contributed by atoms with Crippen molar-refractivity contribution in [3.05, 3.63) is 96.7 Å². The van der Waals surface area contributed by atoms with Gasteiger partial charge in [0.05, 0.1) is 42.7 Å². The van der Waals surface area contributed by atoms with Gasteiger partial charge < -0.3 is 14.2 Å². The van der Waals surface area contributed by atoms with Crippen LogP contribution in [0.5, 0.6) is 11.5 Å². The van der Waals surface area contributed by atoms with Crippen LogP contribution in [0.1, 0.15) is 31.0 Å². The maximum absolute atomic E-state index is 13.6. The summed E-state index contributed by atoms with van der Waals surface area (Å²) in [7, 11) is 3.12. The number of carbonyl (C=O) groups excluding carboxylic acids is 1.